The summed E-state index contributed by atoms with van der Waals surface area (Å²) >= 11 is 0. The van der Waals surface area contributed by atoms with Crippen molar-refractivity contribution in [2.24, 2.45) is 11.0 Å². The van der Waals surface area contributed by atoms with Gasteiger partial charge in [0.2, 0.25) is 5.91 Å². The summed E-state index contributed by atoms with van der Waals surface area (Å²) in [7, 11) is 1.68. The van der Waals surface area contributed by atoms with Gasteiger partial charge in [-0.3, -0.25) is 10.2 Å². The fraction of sp³-hybridized carbons (Fsp3) is 0.304. The maximum Gasteiger partial charge on any atom is 0.335 e. The minimum atomic E-state index is -1.04. The fourth-order valence-electron chi connectivity index (χ4n) is 3.67. The predicted molar refractivity (Wildman–Crippen MR) is 119 cm³/mol. The predicted octanol–water partition coefficient (Wildman–Crippen LogP) is 2.72. The maximum absolute atomic E-state index is 12.3. The first-order valence-electron chi connectivity index (χ1n) is 10.1. The van der Waals surface area contributed by atoms with Gasteiger partial charge in [0, 0.05) is 12.6 Å². The number of aliphatic hydroxyl groups is 1. The first kappa shape index (κ1) is 22.0. The van der Waals surface area contributed by atoms with Crippen molar-refractivity contribution in [3.05, 3.63) is 64.4 Å². The molecule has 3 rings (SSSR count). The van der Waals surface area contributed by atoms with E-state index in [1.54, 1.807) is 7.05 Å². The summed E-state index contributed by atoms with van der Waals surface area (Å²) in [6.07, 6.45) is 7.82. The number of carbonyl (C=O) groups excluding carboxylic acids is 1. The highest BCUT2D eigenvalue weighted by Crippen LogP contribution is 2.26. The number of allylic oxidation sites excluding steroid dienone is 2. The number of aliphatic hydroxyl groups excluding tert-OH is 1. The second-order valence-electron chi connectivity index (χ2n) is 7.52. The summed E-state index contributed by atoms with van der Waals surface area (Å²) in [5, 5.41) is 34.8. The van der Waals surface area contributed by atoms with Crippen LogP contribution in [0.1, 0.15) is 36.5 Å². The van der Waals surface area contributed by atoms with Gasteiger partial charge in [-0.1, -0.05) is 30.4 Å². The zero-order valence-electron chi connectivity index (χ0n) is 17.5. The third kappa shape index (κ3) is 4.91. The van der Waals surface area contributed by atoms with Crippen LogP contribution in [0.25, 0.3) is 5.70 Å². The second-order valence-corrected chi connectivity index (χ2v) is 7.52. The first-order valence-corrected chi connectivity index (χ1v) is 10.1. The standard InChI is InChI=1S/C23H26N4O4/c1-13(26-27-22(29)15-7-9-16(10-8-15)23(30)31)19(24)21(28)20(25-2)18-11-6-14-4-3-5-17(14)12-18/h6-7,9-12,15,24-25,28H,3-5,8H2,1-2H3,(H,27,29)(H,30,31)/b21-20+,24-19?,26-13+. The topological polar surface area (TPSA) is 135 Å². The Bertz CT molecular complexity index is 1050. The lowest BCUT2D eigenvalue weighted by atomic mass is 9.96. The first-order chi connectivity index (χ1) is 14.8. The van der Waals surface area contributed by atoms with E-state index in [-0.39, 0.29) is 29.2 Å². The highest BCUT2D eigenvalue weighted by Gasteiger charge is 2.20. The van der Waals surface area contributed by atoms with E-state index in [1.807, 2.05) is 12.1 Å². The third-order valence-corrected chi connectivity index (χ3v) is 5.49. The normalized spacial score (nSPS) is 18.6. The SMILES string of the molecule is CN/C(=C(/O)C(=N)/C(C)=N/NC(=O)C1C=CC(C(=O)O)=CC1)c1ccc2c(c1)CCC2. The number of hydrazone groups is 1. The Balaban J connectivity index is 1.70. The lowest BCUT2D eigenvalue weighted by Gasteiger charge is -2.14. The van der Waals surface area contributed by atoms with Crippen molar-refractivity contribution in [3.8, 4) is 0 Å². The number of carboxylic acid groups (broad SMARTS) is 1. The summed E-state index contributed by atoms with van der Waals surface area (Å²) in [4.78, 5) is 23.2. The Morgan fingerprint density at radius 2 is 1.94 bits per heavy atom. The minimum Gasteiger partial charge on any atom is -0.504 e. The van der Waals surface area contributed by atoms with Crippen molar-refractivity contribution < 1.29 is 19.8 Å². The summed E-state index contributed by atoms with van der Waals surface area (Å²) in [6.45, 7) is 1.52. The molecule has 8 heteroatoms. The maximum atomic E-state index is 12.3. The molecule has 0 radical (unpaired) electrons. The van der Waals surface area contributed by atoms with Crippen LogP contribution in [-0.4, -0.2) is 40.6 Å². The molecule has 162 valence electrons. The van der Waals surface area contributed by atoms with Crippen molar-refractivity contribution in [3.63, 3.8) is 0 Å². The fourth-order valence-corrected chi connectivity index (χ4v) is 3.67. The van der Waals surface area contributed by atoms with E-state index in [0.29, 0.717) is 5.70 Å². The molecule has 1 aromatic carbocycles. The Morgan fingerprint density at radius 3 is 2.58 bits per heavy atom. The van der Waals surface area contributed by atoms with Crippen LogP contribution >= 0.6 is 0 Å². The molecule has 0 aliphatic heterocycles. The van der Waals surface area contributed by atoms with Crippen LogP contribution in [0, 0.1) is 11.3 Å². The monoisotopic (exact) mass is 422 g/mol. The summed E-state index contributed by atoms with van der Waals surface area (Å²) in [6, 6.07) is 6.00. The number of rotatable bonds is 7. The van der Waals surface area contributed by atoms with E-state index < -0.39 is 17.8 Å². The highest BCUT2D eigenvalue weighted by molar-refractivity contribution is 6.46. The van der Waals surface area contributed by atoms with E-state index in [2.05, 4.69) is 21.9 Å². The molecule has 1 atom stereocenters. The molecule has 1 aromatic rings. The Kier molecular flexibility index (Phi) is 6.69. The average Bonchev–Trinajstić information content (AvgIpc) is 3.25. The number of hydrogen-bond acceptors (Lipinski definition) is 6. The number of carbonyl (C=O) groups is 2. The van der Waals surface area contributed by atoms with E-state index in [0.717, 1.165) is 24.8 Å². The van der Waals surface area contributed by atoms with Crippen LogP contribution in [0.15, 0.2) is 52.9 Å². The molecular weight excluding hydrogens is 396 g/mol. The zero-order chi connectivity index (χ0) is 22.5. The van der Waals surface area contributed by atoms with Crippen molar-refractivity contribution in [1.82, 2.24) is 10.7 Å². The van der Waals surface area contributed by atoms with Gasteiger partial charge in [-0.2, -0.15) is 5.10 Å². The molecule has 0 aromatic heterocycles. The molecule has 0 saturated carbocycles. The summed E-state index contributed by atoms with van der Waals surface area (Å²) < 4.78 is 0. The Labute approximate surface area is 180 Å². The van der Waals surface area contributed by atoms with Gasteiger partial charge in [0.25, 0.3) is 0 Å². The summed E-state index contributed by atoms with van der Waals surface area (Å²) in [5.74, 6) is -2.26. The number of fused-ring (bicyclic) bond motifs is 1. The molecule has 0 saturated heterocycles. The van der Waals surface area contributed by atoms with Gasteiger partial charge in [0.15, 0.2) is 5.76 Å². The van der Waals surface area contributed by atoms with Gasteiger partial charge < -0.3 is 15.5 Å². The highest BCUT2D eigenvalue weighted by atomic mass is 16.4. The molecule has 5 N–H and O–H groups in total. The number of aliphatic carboxylic acids is 1. The molecule has 31 heavy (non-hydrogen) atoms. The molecule has 1 unspecified atom stereocenters. The molecular formula is C23H26N4O4. The number of hydrogen-bond donors (Lipinski definition) is 5. The molecule has 2 aliphatic carbocycles. The van der Waals surface area contributed by atoms with Gasteiger partial charge in [-0.15, -0.1) is 0 Å². The third-order valence-electron chi connectivity index (χ3n) is 5.49. The van der Waals surface area contributed by atoms with Crippen molar-refractivity contribution in [1.29, 1.82) is 5.41 Å². The number of nitrogens with zero attached hydrogens (tertiary/aromatic N) is 1. The number of nitrogens with one attached hydrogen (secondary N) is 3. The number of aryl methyl sites for hydroxylation is 2. The van der Waals surface area contributed by atoms with Gasteiger partial charge in [-0.05, 0) is 49.8 Å². The summed E-state index contributed by atoms with van der Waals surface area (Å²) in [5.41, 5.74) is 6.24. The van der Waals surface area contributed by atoms with E-state index in [1.165, 1.54) is 36.3 Å². The van der Waals surface area contributed by atoms with Crippen molar-refractivity contribution >= 4 is 29.0 Å². The van der Waals surface area contributed by atoms with Gasteiger partial charge in [0.1, 0.15) is 5.71 Å². The lowest BCUT2D eigenvalue weighted by Crippen LogP contribution is -2.29. The van der Waals surface area contributed by atoms with Crippen LogP contribution < -0.4 is 10.7 Å². The molecule has 8 nitrogen and oxygen atoms in total. The van der Waals surface area contributed by atoms with Crippen molar-refractivity contribution in [2.45, 2.75) is 32.6 Å². The Morgan fingerprint density at radius 1 is 1.19 bits per heavy atom. The van der Waals surface area contributed by atoms with Gasteiger partial charge in [0.05, 0.1) is 22.9 Å². The van der Waals surface area contributed by atoms with E-state index >= 15 is 0 Å². The average molecular weight is 422 g/mol. The Hall–Kier alpha value is -3.68. The van der Waals surface area contributed by atoms with E-state index in [9.17, 15) is 14.7 Å². The van der Waals surface area contributed by atoms with Crippen LogP contribution in [0.5, 0.6) is 0 Å². The van der Waals surface area contributed by atoms with Crippen LogP contribution in [-0.2, 0) is 22.4 Å². The number of benzene rings is 1. The molecule has 1 amide bonds. The second kappa shape index (κ2) is 9.42. The smallest absolute Gasteiger partial charge is 0.335 e. The molecule has 0 bridgehead atoms. The van der Waals surface area contributed by atoms with Crippen LogP contribution in [0.3, 0.4) is 0 Å². The number of amides is 1. The van der Waals surface area contributed by atoms with Crippen LogP contribution in [0.2, 0.25) is 0 Å². The molecule has 0 spiro atoms. The minimum absolute atomic E-state index is 0.140. The van der Waals surface area contributed by atoms with E-state index in [4.69, 9.17) is 10.5 Å². The lowest BCUT2D eigenvalue weighted by molar-refractivity contribution is -0.132. The quantitative estimate of drug-likeness (QED) is 0.262. The van der Waals surface area contributed by atoms with Crippen molar-refractivity contribution in [2.75, 3.05) is 7.05 Å². The molecule has 0 heterocycles. The largest absolute Gasteiger partial charge is 0.504 e. The molecule has 0 fully saturated rings. The van der Waals surface area contributed by atoms with Gasteiger partial charge >= 0.3 is 5.97 Å². The van der Waals surface area contributed by atoms with Gasteiger partial charge in [-0.25, -0.2) is 10.2 Å². The van der Waals surface area contributed by atoms with Crippen LogP contribution in [0.4, 0.5) is 0 Å². The zero-order valence-corrected chi connectivity index (χ0v) is 17.5. The molecule has 2 aliphatic rings. The number of carboxylic acids is 1.